The van der Waals surface area contributed by atoms with Crippen molar-refractivity contribution in [3.05, 3.63) is 51.8 Å². The fourth-order valence-electron chi connectivity index (χ4n) is 2.51. The van der Waals surface area contributed by atoms with Gasteiger partial charge in [-0.25, -0.2) is 0 Å². The molecule has 1 aromatic heterocycles. The van der Waals surface area contributed by atoms with Crippen molar-refractivity contribution in [3.8, 4) is 0 Å². The van der Waals surface area contributed by atoms with Crippen LogP contribution in [0.3, 0.4) is 0 Å². The second-order valence-corrected chi connectivity index (χ2v) is 6.12. The molecule has 0 bridgehead atoms. The van der Waals surface area contributed by atoms with Crippen molar-refractivity contribution < 1.29 is 4.79 Å². The van der Waals surface area contributed by atoms with Crippen LogP contribution in [0.15, 0.2) is 30.5 Å². The van der Waals surface area contributed by atoms with Gasteiger partial charge in [0.05, 0.1) is 12.2 Å². The molecule has 110 valence electrons. The Morgan fingerprint density at radius 3 is 2.90 bits per heavy atom. The second-order valence-electron chi connectivity index (χ2n) is 5.28. The van der Waals surface area contributed by atoms with Gasteiger partial charge >= 0.3 is 0 Å². The Morgan fingerprint density at radius 1 is 1.43 bits per heavy atom. The zero-order valence-electron chi connectivity index (χ0n) is 11.5. The molecule has 1 aliphatic carbocycles. The van der Waals surface area contributed by atoms with Crippen LogP contribution in [-0.2, 0) is 18.4 Å². The summed E-state index contributed by atoms with van der Waals surface area (Å²) in [6.45, 7) is 0.493. The van der Waals surface area contributed by atoms with Crippen LogP contribution in [0.1, 0.15) is 23.6 Å². The van der Waals surface area contributed by atoms with E-state index >= 15 is 0 Å². The minimum atomic E-state index is -0.00287. The van der Waals surface area contributed by atoms with E-state index < -0.39 is 0 Å². The first-order valence-corrected chi connectivity index (χ1v) is 7.51. The fourth-order valence-corrected chi connectivity index (χ4v) is 3.06. The van der Waals surface area contributed by atoms with Crippen LogP contribution in [0.4, 0.5) is 0 Å². The van der Waals surface area contributed by atoms with Crippen LogP contribution in [0.5, 0.6) is 0 Å². The van der Waals surface area contributed by atoms with Gasteiger partial charge in [-0.15, -0.1) is 0 Å². The molecule has 1 amide bonds. The molecule has 1 aliphatic rings. The normalized spacial score (nSPS) is 20.3. The van der Waals surface area contributed by atoms with E-state index in [-0.39, 0.29) is 17.7 Å². The molecule has 0 spiro atoms. The zero-order chi connectivity index (χ0) is 15.0. The van der Waals surface area contributed by atoms with Gasteiger partial charge in [0, 0.05) is 29.2 Å². The van der Waals surface area contributed by atoms with E-state index in [4.69, 9.17) is 23.2 Å². The average molecular weight is 324 g/mol. The molecule has 1 aromatic carbocycles. The Bertz CT molecular complexity index is 683. The van der Waals surface area contributed by atoms with Crippen LogP contribution in [-0.4, -0.2) is 15.7 Å². The Hall–Kier alpha value is -1.52. The molecule has 2 aromatic rings. The summed E-state index contributed by atoms with van der Waals surface area (Å²) in [5.74, 6) is 0.255. The van der Waals surface area contributed by atoms with Gasteiger partial charge in [0.2, 0.25) is 5.91 Å². The number of amides is 1. The first-order valence-electron chi connectivity index (χ1n) is 6.76. The summed E-state index contributed by atoms with van der Waals surface area (Å²) in [6, 6.07) is 7.33. The molecule has 2 atom stereocenters. The van der Waals surface area contributed by atoms with Crippen LogP contribution >= 0.6 is 23.2 Å². The lowest BCUT2D eigenvalue weighted by Gasteiger charge is -2.06. The maximum absolute atomic E-state index is 12.2. The number of nitrogens with one attached hydrogen (secondary N) is 1. The molecule has 0 radical (unpaired) electrons. The smallest absolute Gasteiger partial charge is 0.224 e. The number of rotatable bonds is 4. The van der Waals surface area contributed by atoms with Crippen LogP contribution in [0, 0.1) is 5.92 Å². The molecule has 1 fully saturated rings. The van der Waals surface area contributed by atoms with Crippen molar-refractivity contribution in [1.82, 2.24) is 15.1 Å². The van der Waals surface area contributed by atoms with Crippen molar-refractivity contribution >= 4 is 29.1 Å². The molecule has 4 nitrogen and oxygen atoms in total. The van der Waals surface area contributed by atoms with E-state index in [1.165, 1.54) is 0 Å². The maximum Gasteiger partial charge on any atom is 0.224 e. The van der Waals surface area contributed by atoms with E-state index in [2.05, 4.69) is 10.4 Å². The van der Waals surface area contributed by atoms with Gasteiger partial charge in [0.15, 0.2) is 0 Å². The molecular weight excluding hydrogens is 309 g/mol. The molecule has 1 heterocycles. The van der Waals surface area contributed by atoms with Crippen LogP contribution < -0.4 is 5.32 Å². The number of hydrogen-bond donors (Lipinski definition) is 1. The van der Waals surface area contributed by atoms with Crippen molar-refractivity contribution in [2.24, 2.45) is 13.0 Å². The third-order valence-electron chi connectivity index (χ3n) is 3.86. The van der Waals surface area contributed by atoms with E-state index in [1.54, 1.807) is 16.9 Å². The Labute approximate surface area is 133 Å². The molecule has 21 heavy (non-hydrogen) atoms. The predicted octanol–water partition coefficient (Wildman–Crippen LogP) is 3.15. The Kier molecular flexibility index (Phi) is 3.91. The van der Waals surface area contributed by atoms with Gasteiger partial charge < -0.3 is 5.32 Å². The van der Waals surface area contributed by atoms with Gasteiger partial charge in [-0.2, -0.15) is 5.10 Å². The lowest BCUT2D eigenvalue weighted by molar-refractivity contribution is -0.122. The third-order valence-corrected chi connectivity index (χ3v) is 4.42. The second kappa shape index (κ2) is 5.70. The lowest BCUT2D eigenvalue weighted by atomic mass is 10.1. The lowest BCUT2D eigenvalue weighted by Crippen LogP contribution is -2.26. The first kappa shape index (κ1) is 14.4. The van der Waals surface area contributed by atoms with Gasteiger partial charge in [-0.3, -0.25) is 9.48 Å². The molecule has 2 unspecified atom stereocenters. The molecule has 0 aliphatic heterocycles. The molecular formula is C15H15Cl2N3O. The average Bonchev–Trinajstić information content (AvgIpc) is 3.12. The summed E-state index contributed by atoms with van der Waals surface area (Å²) in [5.41, 5.74) is 1.98. The van der Waals surface area contributed by atoms with E-state index in [0.717, 1.165) is 17.7 Å². The SMILES string of the molecule is Cn1nccc1CNC(=O)C1CC1c1ccc(Cl)cc1Cl. The topological polar surface area (TPSA) is 46.9 Å². The molecule has 1 saturated carbocycles. The van der Waals surface area contributed by atoms with Gasteiger partial charge in [0.25, 0.3) is 0 Å². The predicted molar refractivity (Wildman–Crippen MR) is 82.4 cm³/mol. The quantitative estimate of drug-likeness (QED) is 0.939. The van der Waals surface area contributed by atoms with Gasteiger partial charge in [-0.1, -0.05) is 29.3 Å². The number of halogens is 2. The van der Waals surface area contributed by atoms with Crippen molar-refractivity contribution in [3.63, 3.8) is 0 Å². The number of carbonyl (C=O) groups excluding carboxylic acids is 1. The Morgan fingerprint density at radius 2 is 2.24 bits per heavy atom. The standard InChI is InChI=1S/C15H15Cl2N3O/c1-20-10(4-5-19-20)8-18-15(21)13-7-12(13)11-3-2-9(16)6-14(11)17/h2-6,12-13H,7-8H2,1H3,(H,18,21). The number of aryl methyl sites for hydroxylation is 1. The highest BCUT2D eigenvalue weighted by Gasteiger charge is 2.44. The fraction of sp³-hybridized carbons (Fsp3) is 0.333. The van der Waals surface area contributed by atoms with Crippen molar-refractivity contribution in [1.29, 1.82) is 0 Å². The largest absolute Gasteiger partial charge is 0.350 e. The summed E-state index contributed by atoms with van der Waals surface area (Å²) in [6.07, 6.45) is 2.55. The van der Waals surface area contributed by atoms with Crippen molar-refractivity contribution in [2.45, 2.75) is 18.9 Å². The summed E-state index contributed by atoms with van der Waals surface area (Å²) < 4.78 is 1.75. The summed E-state index contributed by atoms with van der Waals surface area (Å²) in [5, 5.41) is 8.27. The first-order chi connectivity index (χ1) is 10.1. The summed E-state index contributed by atoms with van der Waals surface area (Å²) in [7, 11) is 1.86. The molecule has 3 rings (SSSR count). The maximum atomic E-state index is 12.2. The summed E-state index contributed by atoms with van der Waals surface area (Å²) >= 11 is 12.1. The number of benzene rings is 1. The number of carbonyl (C=O) groups is 1. The summed E-state index contributed by atoms with van der Waals surface area (Å²) in [4.78, 5) is 12.2. The highest BCUT2D eigenvalue weighted by Crippen LogP contribution is 2.50. The highest BCUT2D eigenvalue weighted by molar-refractivity contribution is 6.35. The van der Waals surface area contributed by atoms with Crippen LogP contribution in [0.25, 0.3) is 0 Å². The number of aromatic nitrogens is 2. The van der Waals surface area contributed by atoms with E-state index in [0.29, 0.717) is 16.6 Å². The molecule has 1 N–H and O–H groups in total. The monoisotopic (exact) mass is 323 g/mol. The van der Waals surface area contributed by atoms with Gasteiger partial charge in [0.1, 0.15) is 0 Å². The van der Waals surface area contributed by atoms with E-state index in [1.807, 2.05) is 25.2 Å². The van der Waals surface area contributed by atoms with Gasteiger partial charge in [-0.05, 0) is 36.1 Å². The van der Waals surface area contributed by atoms with Crippen LogP contribution in [0.2, 0.25) is 10.0 Å². The van der Waals surface area contributed by atoms with Crippen molar-refractivity contribution in [2.75, 3.05) is 0 Å². The number of nitrogens with zero attached hydrogens (tertiary/aromatic N) is 2. The van der Waals surface area contributed by atoms with E-state index in [9.17, 15) is 4.79 Å². The third kappa shape index (κ3) is 3.06. The Balaban J connectivity index is 1.59. The minimum Gasteiger partial charge on any atom is -0.350 e. The highest BCUT2D eigenvalue weighted by atomic mass is 35.5. The number of hydrogen-bond acceptors (Lipinski definition) is 2. The minimum absolute atomic E-state index is 0.00287. The zero-order valence-corrected chi connectivity index (χ0v) is 13.0. The molecule has 6 heteroatoms. The molecule has 0 saturated heterocycles.